The van der Waals surface area contributed by atoms with Crippen LogP contribution in [0.1, 0.15) is 6.42 Å². The molecule has 0 aliphatic carbocycles. The van der Waals surface area contributed by atoms with Crippen molar-refractivity contribution in [3.8, 4) is 5.75 Å². The van der Waals surface area contributed by atoms with E-state index in [1.807, 2.05) is 24.3 Å². The lowest BCUT2D eigenvalue weighted by molar-refractivity contribution is 0.290. The van der Waals surface area contributed by atoms with Crippen molar-refractivity contribution < 1.29 is 9.13 Å². The molecule has 24 heavy (non-hydrogen) atoms. The zero-order valence-corrected chi connectivity index (χ0v) is 14.3. The van der Waals surface area contributed by atoms with Gasteiger partial charge in [0.1, 0.15) is 5.75 Å². The van der Waals surface area contributed by atoms with Gasteiger partial charge in [-0.3, -0.25) is 4.39 Å². The van der Waals surface area contributed by atoms with Crippen LogP contribution in [0.2, 0.25) is 0 Å². The fourth-order valence-corrected chi connectivity index (χ4v) is 4.88. The smallest absolute Gasteiger partial charge is 0.119 e. The van der Waals surface area contributed by atoms with Gasteiger partial charge >= 0.3 is 0 Å². The number of ether oxygens (including phenoxy) is 1. The Morgan fingerprint density at radius 3 is 1.88 bits per heavy atom. The second-order valence-corrected chi connectivity index (χ2v) is 7.61. The summed E-state index contributed by atoms with van der Waals surface area (Å²) in [6.07, 6.45) is 0.427. The summed E-state index contributed by atoms with van der Waals surface area (Å²) in [5.41, 5.74) is 0. The molecule has 0 unspecified atom stereocenters. The van der Waals surface area contributed by atoms with Crippen LogP contribution in [-0.2, 0) is 0 Å². The predicted octanol–water partition coefficient (Wildman–Crippen LogP) is 4.18. The Morgan fingerprint density at radius 1 is 0.708 bits per heavy atom. The average molecular weight is 338 g/mol. The number of halogens is 1. The molecule has 3 aromatic rings. The largest absolute Gasteiger partial charge is 0.493 e. The lowest BCUT2D eigenvalue weighted by atomic mass is 10.3. The van der Waals surface area contributed by atoms with E-state index in [9.17, 15) is 4.39 Å². The molecule has 0 radical (unpaired) electrons. The van der Waals surface area contributed by atoms with Crippen molar-refractivity contribution in [3.63, 3.8) is 0 Å². The van der Waals surface area contributed by atoms with E-state index in [0.717, 1.165) is 5.75 Å². The van der Waals surface area contributed by atoms with Crippen molar-refractivity contribution >= 4 is 23.8 Å². The van der Waals surface area contributed by atoms with Crippen LogP contribution in [-0.4, -0.2) is 13.3 Å². The van der Waals surface area contributed by atoms with Crippen LogP contribution in [0.4, 0.5) is 4.39 Å². The van der Waals surface area contributed by atoms with Crippen molar-refractivity contribution in [3.05, 3.63) is 84.9 Å². The first-order valence-electron chi connectivity index (χ1n) is 8.07. The summed E-state index contributed by atoms with van der Waals surface area (Å²) in [6, 6.07) is 29.3. The lowest BCUT2D eigenvalue weighted by Crippen LogP contribution is -2.20. The molecule has 0 amide bonds. The summed E-state index contributed by atoms with van der Waals surface area (Å²) < 4.78 is 17.9. The van der Waals surface area contributed by atoms with Gasteiger partial charge in [-0.15, -0.1) is 0 Å². The maximum Gasteiger partial charge on any atom is 0.119 e. The summed E-state index contributed by atoms with van der Waals surface area (Å²) in [5.74, 6) is 0.806. The quantitative estimate of drug-likeness (QED) is 0.464. The standard InChI is InChI=1S/C21H20FOP/c22-15-8-16-23-18-9-7-14-21(17-18)24(19-10-3-1-4-11-19)20-12-5-2-6-13-20/h1-7,9-14,17H,8,15-16H2. The fraction of sp³-hybridized carbons (Fsp3) is 0.143. The van der Waals surface area contributed by atoms with Gasteiger partial charge in [0.2, 0.25) is 0 Å². The van der Waals surface area contributed by atoms with Gasteiger partial charge in [-0.05, 0) is 36.0 Å². The first-order chi connectivity index (χ1) is 11.9. The molecule has 0 bridgehead atoms. The number of hydrogen-bond acceptors (Lipinski definition) is 1. The highest BCUT2D eigenvalue weighted by Gasteiger charge is 2.16. The first-order valence-corrected chi connectivity index (χ1v) is 9.42. The van der Waals surface area contributed by atoms with Crippen LogP contribution in [0.15, 0.2) is 84.9 Å². The third-order valence-electron chi connectivity index (χ3n) is 3.65. The molecule has 0 N–H and O–H groups in total. The SMILES string of the molecule is FCCCOc1cccc(P(c2ccccc2)c2ccccc2)c1. The molecule has 0 heterocycles. The minimum absolute atomic E-state index is 0.347. The Kier molecular flexibility index (Phi) is 5.98. The predicted molar refractivity (Wildman–Crippen MR) is 101 cm³/mol. The average Bonchev–Trinajstić information content (AvgIpc) is 2.64. The van der Waals surface area contributed by atoms with Crippen molar-refractivity contribution in [1.82, 2.24) is 0 Å². The zero-order valence-electron chi connectivity index (χ0n) is 13.4. The van der Waals surface area contributed by atoms with Crippen LogP contribution in [0.3, 0.4) is 0 Å². The van der Waals surface area contributed by atoms with E-state index in [4.69, 9.17) is 4.74 Å². The molecular formula is C21H20FOP. The second kappa shape index (κ2) is 8.61. The molecule has 0 spiro atoms. The Labute approximate surface area is 143 Å². The molecule has 0 saturated carbocycles. The van der Waals surface area contributed by atoms with Crippen LogP contribution in [0.5, 0.6) is 5.75 Å². The van der Waals surface area contributed by atoms with Gasteiger partial charge < -0.3 is 4.74 Å². The van der Waals surface area contributed by atoms with Gasteiger partial charge in [-0.2, -0.15) is 0 Å². The third kappa shape index (κ3) is 4.21. The lowest BCUT2D eigenvalue weighted by Gasteiger charge is -2.20. The zero-order chi connectivity index (χ0) is 16.6. The van der Waals surface area contributed by atoms with Crippen molar-refractivity contribution in [1.29, 1.82) is 0 Å². The van der Waals surface area contributed by atoms with Gasteiger partial charge in [-0.1, -0.05) is 72.8 Å². The molecule has 0 aliphatic rings. The molecule has 122 valence electrons. The minimum atomic E-state index is -0.635. The van der Waals surface area contributed by atoms with Crippen LogP contribution < -0.4 is 20.7 Å². The topological polar surface area (TPSA) is 9.23 Å². The molecule has 3 aromatic carbocycles. The van der Waals surface area contributed by atoms with E-state index in [2.05, 4.69) is 60.7 Å². The number of alkyl halides is 1. The second-order valence-electron chi connectivity index (χ2n) is 5.39. The van der Waals surface area contributed by atoms with Crippen molar-refractivity contribution in [2.45, 2.75) is 6.42 Å². The summed E-state index contributed by atoms with van der Waals surface area (Å²) in [7, 11) is -0.635. The highest BCUT2D eigenvalue weighted by molar-refractivity contribution is 7.79. The van der Waals surface area contributed by atoms with E-state index in [-0.39, 0.29) is 6.67 Å². The Balaban J connectivity index is 1.96. The normalized spacial score (nSPS) is 10.8. The van der Waals surface area contributed by atoms with Crippen molar-refractivity contribution in [2.75, 3.05) is 13.3 Å². The van der Waals surface area contributed by atoms with E-state index in [1.54, 1.807) is 0 Å². The molecular weight excluding hydrogens is 318 g/mol. The molecule has 3 rings (SSSR count). The number of benzene rings is 3. The van der Waals surface area contributed by atoms with Gasteiger partial charge in [0.15, 0.2) is 0 Å². The third-order valence-corrected chi connectivity index (χ3v) is 6.07. The maximum absolute atomic E-state index is 12.3. The molecule has 1 nitrogen and oxygen atoms in total. The van der Waals surface area contributed by atoms with Gasteiger partial charge in [0.05, 0.1) is 13.3 Å². The van der Waals surface area contributed by atoms with Crippen LogP contribution in [0.25, 0.3) is 0 Å². The monoisotopic (exact) mass is 338 g/mol. The van der Waals surface area contributed by atoms with Crippen LogP contribution in [0, 0.1) is 0 Å². The number of rotatable bonds is 7. The summed E-state index contributed by atoms with van der Waals surface area (Å²) >= 11 is 0. The molecule has 3 heteroatoms. The van der Waals surface area contributed by atoms with E-state index in [0.29, 0.717) is 13.0 Å². The Morgan fingerprint density at radius 2 is 1.29 bits per heavy atom. The summed E-state index contributed by atoms with van der Waals surface area (Å²) in [4.78, 5) is 0. The van der Waals surface area contributed by atoms with Gasteiger partial charge in [-0.25, -0.2) is 0 Å². The maximum atomic E-state index is 12.3. The summed E-state index contributed by atoms with van der Waals surface area (Å²) in [5, 5.41) is 3.85. The molecule has 0 aliphatic heterocycles. The first kappa shape index (κ1) is 16.7. The van der Waals surface area contributed by atoms with E-state index in [1.165, 1.54) is 15.9 Å². The minimum Gasteiger partial charge on any atom is -0.493 e. The van der Waals surface area contributed by atoms with E-state index >= 15 is 0 Å². The Hall–Kier alpha value is -2.18. The highest BCUT2D eigenvalue weighted by Crippen LogP contribution is 2.33. The number of hydrogen-bond donors (Lipinski definition) is 0. The van der Waals surface area contributed by atoms with E-state index < -0.39 is 7.92 Å². The molecule has 0 atom stereocenters. The fourth-order valence-electron chi connectivity index (χ4n) is 2.56. The summed E-state index contributed by atoms with van der Waals surface area (Å²) in [6.45, 7) is 0.0645. The molecule has 0 aromatic heterocycles. The highest BCUT2D eigenvalue weighted by atomic mass is 31.1. The van der Waals surface area contributed by atoms with Gasteiger partial charge in [0, 0.05) is 6.42 Å². The molecule has 0 saturated heterocycles. The Bertz CT molecular complexity index is 707. The van der Waals surface area contributed by atoms with Crippen molar-refractivity contribution in [2.24, 2.45) is 0 Å². The van der Waals surface area contributed by atoms with Crippen LogP contribution >= 0.6 is 7.92 Å². The van der Waals surface area contributed by atoms with Gasteiger partial charge in [0.25, 0.3) is 0 Å². The molecule has 0 fully saturated rings.